The predicted octanol–water partition coefficient (Wildman–Crippen LogP) is 10.5. The van der Waals surface area contributed by atoms with Gasteiger partial charge in [-0.3, -0.25) is 14.2 Å². The summed E-state index contributed by atoms with van der Waals surface area (Å²) in [6.07, 6.45) is 2.00. The van der Waals surface area contributed by atoms with E-state index in [-0.39, 0.29) is 95.1 Å². The molecular formula is C64H75BClFN5O14P. The van der Waals surface area contributed by atoms with Gasteiger partial charge in [0.2, 0.25) is 5.91 Å². The van der Waals surface area contributed by atoms with Crippen LogP contribution in [0.5, 0.6) is 17.2 Å². The van der Waals surface area contributed by atoms with Crippen molar-refractivity contribution in [1.82, 2.24) is 25.3 Å². The first kappa shape index (κ1) is 63.0. The van der Waals surface area contributed by atoms with Crippen LogP contribution in [0.1, 0.15) is 116 Å². The fraction of sp³-hybridized carbons (Fsp3) is 0.453. The first-order chi connectivity index (χ1) is 41.5. The molecule has 6 aliphatic rings. The zero-order valence-electron chi connectivity index (χ0n) is 50.5. The van der Waals surface area contributed by atoms with E-state index in [0.29, 0.717) is 49.6 Å². The minimum Gasteiger partial charge on any atom is -0.495 e. The predicted molar refractivity (Wildman–Crippen MR) is 324 cm³/mol. The van der Waals surface area contributed by atoms with Gasteiger partial charge in [-0.25, -0.2) is 23.7 Å². The lowest BCUT2D eigenvalue weighted by atomic mass is 9.43. The molecule has 3 saturated carbocycles. The van der Waals surface area contributed by atoms with Crippen molar-refractivity contribution in [2.75, 3.05) is 47.5 Å². The van der Waals surface area contributed by atoms with Crippen LogP contribution in [-0.2, 0) is 52.1 Å². The summed E-state index contributed by atoms with van der Waals surface area (Å²) in [4.78, 5) is 76.6. The Hall–Kier alpha value is -7.00. The van der Waals surface area contributed by atoms with Crippen LogP contribution < -0.4 is 30.1 Å². The maximum atomic E-state index is 15.8. The fourth-order valence-electron chi connectivity index (χ4n) is 13.0. The molecule has 2 N–H and O–H groups in total. The van der Waals surface area contributed by atoms with Gasteiger partial charge in [0.25, 0.3) is 5.91 Å². The Morgan fingerprint density at radius 3 is 2.01 bits per heavy atom. The number of methoxy groups -OCH3 is 3. The van der Waals surface area contributed by atoms with Gasteiger partial charge in [0.1, 0.15) is 28.8 Å². The molecule has 5 aromatic carbocycles. The lowest BCUT2D eigenvalue weighted by Gasteiger charge is -2.64. The van der Waals surface area contributed by atoms with E-state index in [1.807, 2.05) is 67.6 Å². The van der Waals surface area contributed by atoms with E-state index in [0.717, 1.165) is 28.5 Å². The van der Waals surface area contributed by atoms with Crippen LogP contribution in [0, 0.1) is 23.1 Å². The normalized spacial score (nSPS) is 21.6. The molecule has 19 nitrogen and oxygen atoms in total. The number of nitrogens with zero attached hydrogens (tertiary/aromatic N) is 3. The van der Waals surface area contributed by atoms with Crippen molar-refractivity contribution in [3.05, 3.63) is 153 Å². The van der Waals surface area contributed by atoms with Gasteiger partial charge >= 0.3 is 32.7 Å². The van der Waals surface area contributed by atoms with Crippen LogP contribution in [0.3, 0.4) is 0 Å². The van der Waals surface area contributed by atoms with Crippen LogP contribution in [0.2, 0.25) is 5.02 Å². The van der Waals surface area contributed by atoms with E-state index in [1.54, 1.807) is 42.7 Å². The highest BCUT2D eigenvalue weighted by atomic mass is 35.5. The van der Waals surface area contributed by atoms with E-state index in [4.69, 9.17) is 48.9 Å². The molecule has 6 fully saturated rings. The first-order valence-electron chi connectivity index (χ1n) is 29.3. The van der Waals surface area contributed by atoms with Crippen molar-refractivity contribution >= 4 is 61.5 Å². The van der Waals surface area contributed by atoms with Crippen molar-refractivity contribution in [1.29, 1.82) is 0 Å². The molecule has 6 amide bonds. The third-order valence-electron chi connectivity index (χ3n) is 17.8. The van der Waals surface area contributed by atoms with Crippen LogP contribution in [-0.4, -0.2) is 128 Å². The Morgan fingerprint density at radius 1 is 0.793 bits per heavy atom. The summed E-state index contributed by atoms with van der Waals surface area (Å²) in [5.74, 6) is -2.96. The second-order valence-electron chi connectivity index (χ2n) is 24.6. The number of imide groups is 1. The largest absolute Gasteiger partial charge is 0.495 e. The van der Waals surface area contributed by atoms with E-state index in [1.165, 1.54) is 51.7 Å². The highest BCUT2D eigenvalue weighted by Gasteiger charge is 2.68. The summed E-state index contributed by atoms with van der Waals surface area (Å²) >= 11 is 6.63. The van der Waals surface area contributed by atoms with Crippen molar-refractivity contribution in [3.63, 3.8) is 0 Å². The van der Waals surface area contributed by atoms with Crippen LogP contribution >= 0.6 is 19.2 Å². The summed E-state index contributed by atoms with van der Waals surface area (Å²) < 4.78 is 79.1. The molecule has 3 heterocycles. The van der Waals surface area contributed by atoms with Gasteiger partial charge in [-0.2, -0.15) is 0 Å². The van der Waals surface area contributed by atoms with Gasteiger partial charge in [-0.1, -0.05) is 104 Å². The maximum Gasteiger partial charge on any atom is 0.482 e. The monoisotopic (exact) mass is 1230 g/mol. The Balaban J connectivity index is 0.948. The number of hydrogen-bond donors (Lipinski definition) is 2. The molecule has 0 aromatic heterocycles. The van der Waals surface area contributed by atoms with Gasteiger partial charge in [-0.05, 0) is 130 Å². The number of carbonyl (C=O) groups excluding carboxylic acids is 5. The topological polar surface area (TPSA) is 210 Å². The molecule has 3 aliphatic carbocycles. The molecule has 3 aliphatic heterocycles. The number of ether oxygens (including phenoxy) is 4. The number of amides is 6. The Bertz CT molecular complexity index is 3380. The lowest BCUT2D eigenvalue weighted by molar-refractivity contribution is -0.199. The minimum atomic E-state index is -4.11. The second-order valence-corrected chi connectivity index (χ2v) is 27.0. The molecule has 23 heteroatoms. The summed E-state index contributed by atoms with van der Waals surface area (Å²) in [7, 11) is -0.992. The smallest absolute Gasteiger partial charge is 0.482 e. The number of hydrogen-bond acceptors (Lipinski definition) is 14. The third-order valence-corrected chi connectivity index (χ3v) is 20.1. The van der Waals surface area contributed by atoms with Gasteiger partial charge < -0.3 is 57.7 Å². The van der Waals surface area contributed by atoms with E-state index in [9.17, 15) is 19.2 Å². The molecule has 87 heavy (non-hydrogen) atoms. The molecule has 6 atom stereocenters. The van der Waals surface area contributed by atoms with Crippen LogP contribution in [0.4, 0.5) is 14.0 Å². The third kappa shape index (κ3) is 13.0. The van der Waals surface area contributed by atoms with Gasteiger partial charge in [-0.15, -0.1) is 0 Å². The van der Waals surface area contributed by atoms with Crippen molar-refractivity contribution < 1.29 is 70.2 Å². The number of likely N-dealkylation sites (tertiary alicyclic amines) is 1. The number of benzene rings is 5. The number of rotatable bonds is 20. The molecule has 3 saturated heterocycles. The van der Waals surface area contributed by atoms with Gasteiger partial charge in [0.15, 0.2) is 11.5 Å². The molecule has 2 unspecified atom stereocenters. The second kappa shape index (κ2) is 25.6. The zero-order valence-corrected chi connectivity index (χ0v) is 52.1. The van der Waals surface area contributed by atoms with E-state index >= 15 is 13.8 Å². The molecular weight excluding hydrogens is 1160 g/mol. The van der Waals surface area contributed by atoms with Crippen molar-refractivity contribution in [3.8, 4) is 17.2 Å². The lowest BCUT2D eigenvalue weighted by Crippen LogP contribution is -2.65. The quantitative estimate of drug-likeness (QED) is 0.0422. The van der Waals surface area contributed by atoms with E-state index < -0.39 is 73.2 Å². The average Bonchev–Trinajstić information content (AvgIpc) is 1.67. The summed E-state index contributed by atoms with van der Waals surface area (Å²) in [5, 5.41) is 6.27. The standard InChI is InChI=1S/C64H75BClFN5O14P/c1-62(2,3)84-59(75)52-47(67)26-22-42(55(52)80-8)34-51(65-85-50-36-43-35-49(63(43,4)5)64(50,6)86-65)68-57(73)54(41-20-23-45(24-21-41)87(78,82-37-39-16-12-10-13-17-39)83-38-40-18-14-11-15-19-40)69-60(76)72-33-32-71(61(72)77)44-28-30-70(31-29-44)58(74)46-25-27-48(79-7)56(81-9)53(46)66/h10-27,43-44,49-51,54H,28-38H2,1-9H3,(H,68,73)(H,69,76)/t43-,49-,50+,51?,54?,64-/m0/s1. The Kier molecular flexibility index (Phi) is 18.6. The highest BCUT2D eigenvalue weighted by molar-refractivity contribution is 7.62. The molecule has 0 spiro atoms. The number of halogens is 2. The van der Waals surface area contributed by atoms with E-state index in [2.05, 4.69) is 24.5 Å². The number of piperidine rings is 1. The van der Waals surface area contributed by atoms with Gasteiger partial charge in [0, 0.05) is 32.2 Å². The summed E-state index contributed by atoms with van der Waals surface area (Å²) in [6.45, 7) is 12.1. The fourth-order valence-corrected chi connectivity index (χ4v) is 14.8. The summed E-state index contributed by atoms with van der Waals surface area (Å²) in [5.41, 5.74) is 0.0731. The van der Waals surface area contributed by atoms with Crippen LogP contribution in [0.15, 0.2) is 109 Å². The number of carbonyl (C=O) groups is 5. The number of nitrogens with one attached hydrogen (secondary N) is 2. The first-order valence-corrected chi connectivity index (χ1v) is 31.3. The highest BCUT2D eigenvalue weighted by Crippen LogP contribution is 2.66. The Labute approximate surface area is 512 Å². The zero-order chi connectivity index (χ0) is 62.2. The molecule has 11 rings (SSSR count). The molecule has 2 bridgehead atoms. The summed E-state index contributed by atoms with van der Waals surface area (Å²) in [6, 6.07) is 27.0. The minimum absolute atomic E-state index is 0.0196. The average molecular weight is 1230 g/mol. The Morgan fingerprint density at radius 2 is 1.43 bits per heavy atom. The van der Waals surface area contributed by atoms with Crippen molar-refractivity contribution in [2.45, 2.75) is 122 Å². The maximum absolute atomic E-state index is 15.8. The van der Waals surface area contributed by atoms with Crippen molar-refractivity contribution in [2.24, 2.45) is 17.3 Å². The SMILES string of the molecule is COc1ccc(C(=O)N2CCC(N3CCN(C(=O)NC(C(=O)NC(Cc4ccc(F)c(C(=O)OC(C)(C)C)c4OC)B4O[C@@H]5C[C@@H]6C[C@@H](C6(C)C)[C@]5(C)O4)c4ccc(P(=O)(OCc5ccccc5)OCc5ccccc5)cc4)C3=O)CC2)c(Cl)c1OC. The number of urea groups is 2. The van der Waals surface area contributed by atoms with Crippen LogP contribution in [0.25, 0.3) is 0 Å². The van der Waals surface area contributed by atoms with Gasteiger partial charge in [0.05, 0.1) is 68.1 Å². The molecule has 5 aromatic rings. The number of esters is 1. The molecule has 462 valence electrons. The molecule has 0 radical (unpaired) electrons.